The lowest BCUT2D eigenvalue weighted by molar-refractivity contribution is -0.124. The van der Waals surface area contributed by atoms with E-state index in [4.69, 9.17) is 10.9 Å². The van der Waals surface area contributed by atoms with Crippen molar-refractivity contribution < 1.29 is 22.4 Å². The average molecular weight is 394 g/mol. The van der Waals surface area contributed by atoms with Crippen molar-refractivity contribution in [2.24, 2.45) is 10.9 Å². The Morgan fingerprint density at radius 1 is 1.19 bits per heavy atom. The van der Waals surface area contributed by atoms with Crippen LogP contribution in [0.3, 0.4) is 0 Å². The van der Waals surface area contributed by atoms with Crippen molar-refractivity contribution in [1.29, 1.82) is 0 Å². The number of carbonyl (C=O) groups is 2. The molecule has 0 aromatic heterocycles. The van der Waals surface area contributed by atoms with E-state index in [1.165, 1.54) is 54.4 Å². The molecule has 144 valence electrons. The summed E-state index contributed by atoms with van der Waals surface area (Å²) in [6.45, 7) is -0.207. The molecule has 0 radical (unpaired) electrons. The Balaban J connectivity index is 2.08. The molecule has 0 spiro atoms. The Morgan fingerprint density at radius 2 is 1.81 bits per heavy atom. The Labute approximate surface area is 156 Å². The van der Waals surface area contributed by atoms with Crippen LogP contribution in [-0.2, 0) is 19.6 Å². The third kappa shape index (κ3) is 5.58. The molecule has 0 fully saturated rings. The van der Waals surface area contributed by atoms with Gasteiger partial charge in [-0.1, -0.05) is 12.1 Å². The van der Waals surface area contributed by atoms with Gasteiger partial charge in [0, 0.05) is 5.69 Å². The van der Waals surface area contributed by atoms with Crippen LogP contribution in [0.4, 0.5) is 10.1 Å². The van der Waals surface area contributed by atoms with E-state index >= 15 is 0 Å². The number of primary sulfonamides is 1. The molecule has 2 aromatic carbocycles. The first-order valence-corrected chi connectivity index (χ1v) is 9.30. The van der Waals surface area contributed by atoms with E-state index < -0.39 is 33.7 Å². The van der Waals surface area contributed by atoms with Gasteiger partial charge in [-0.25, -0.2) is 17.9 Å². The van der Waals surface area contributed by atoms with Crippen LogP contribution in [0.2, 0.25) is 0 Å². The maximum atomic E-state index is 13.4. The van der Waals surface area contributed by atoms with Gasteiger partial charge in [-0.2, -0.15) is 0 Å². The minimum atomic E-state index is -3.82. The second kappa shape index (κ2) is 8.25. The van der Waals surface area contributed by atoms with Crippen molar-refractivity contribution in [3.8, 4) is 0 Å². The number of hydrogen-bond acceptors (Lipinski definition) is 5. The van der Waals surface area contributed by atoms with Crippen molar-refractivity contribution in [3.05, 3.63) is 59.9 Å². The molecular formula is C17H19FN4O4S. The van der Waals surface area contributed by atoms with Gasteiger partial charge in [0.25, 0.3) is 0 Å². The molecule has 2 amide bonds. The summed E-state index contributed by atoms with van der Waals surface area (Å²) in [7, 11) is -2.32. The van der Waals surface area contributed by atoms with Crippen molar-refractivity contribution in [2.75, 3.05) is 18.9 Å². The quantitative estimate of drug-likeness (QED) is 0.631. The summed E-state index contributed by atoms with van der Waals surface area (Å²) in [5, 5.41) is 7.57. The molecule has 0 aliphatic rings. The number of sulfonamides is 1. The summed E-state index contributed by atoms with van der Waals surface area (Å²) in [5.74, 6) is -1.72. The van der Waals surface area contributed by atoms with Crippen LogP contribution in [-0.4, -0.2) is 38.7 Å². The zero-order chi connectivity index (χ0) is 20.2. The molecule has 1 unspecified atom stereocenters. The van der Waals surface area contributed by atoms with Crippen LogP contribution in [0.25, 0.3) is 0 Å². The van der Waals surface area contributed by atoms with Gasteiger partial charge in [0.05, 0.1) is 11.4 Å². The topological polar surface area (TPSA) is 136 Å². The van der Waals surface area contributed by atoms with Crippen LogP contribution in [0.1, 0.15) is 11.6 Å². The lowest BCUT2D eigenvalue weighted by Crippen LogP contribution is -2.39. The molecule has 0 saturated carbocycles. The van der Waals surface area contributed by atoms with Gasteiger partial charge in [0.1, 0.15) is 11.9 Å². The van der Waals surface area contributed by atoms with E-state index in [1.54, 1.807) is 6.07 Å². The van der Waals surface area contributed by atoms with Crippen LogP contribution in [0, 0.1) is 5.82 Å². The number of primary amides is 1. The van der Waals surface area contributed by atoms with Crippen molar-refractivity contribution in [2.45, 2.75) is 10.9 Å². The first-order valence-electron chi connectivity index (χ1n) is 7.75. The Morgan fingerprint density at radius 3 is 2.33 bits per heavy atom. The number of nitrogens with zero attached hydrogens (tertiary/aromatic N) is 1. The summed E-state index contributed by atoms with van der Waals surface area (Å²) >= 11 is 0. The summed E-state index contributed by atoms with van der Waals surface area (Å²) in [4.78, 5) is 25.3. The molecule has 10 heteroatoms. The number of benzene rings is 2. The SMILES string of the molecule is CN(CC(=O)Nc1ccc(S(N)(=O)=O)cc1)C(C(N)=O)c1cccc(F)c1. The molecule has 0 bridgehead atoms. The normalized spacial score (nSPS) is 12.6. The highest BCUT2D eigenvalue weighted by Gasteiger charge is 2.25. The van der Waals surface area contributed by atoms with Crippen molar-refractivity contribution in [1.82, 2.24) is 4.90 Å². The number of anilines is 1. The fourth-order valence-electron chi connectivity index (χ4n) is 2.56. The molecule has 2 rings (SSSR count). The maximum Gasteiger partial charge on any atom is 0.239 e. The Bertz CT molecular complexity index is 948. The third-order valence-electron chi connectivity index (χ3n) is 3.73. The zero-order valence-corrected chi connectivity index (χ0v) is 15.2. The van der Waals surface area contributed by atoms with Crippen LogP contribution in [0.5, 0.6) is 0 Å². The highest BCUT2D eigenvalue weighted by Crippen LogP contribution is 2.20. The first-order chi connectivity index (χ1) is 12.6. The van der Waals surface area contributed by atoms with Gasteiger partial charge >= 0.3 is 0 Å². The lowest BCUT2D eigenvalue weighted by Gasteiger charge is -2.25. The predicted octanol–water partition coefficient (Wildman–Crippen LogP) is 0.570. The number of carbonyl (C=O) groups excluding carboxylic acids is 2. The van der Waals surface area contributed by atoms with Crippen molar-refractivity contribution in [3.63, 3.8) is 0 Å². The molecule has 1 atom stereocenters. The molecule has 0 aliphatic heterocycles. The van der Waals surface area contributed by atoms with Gasteiger partial charge in [0.15, 0.2) is 0 Å². The van der Waals surface area contributed by atoms with Crippen LogP contribution >= 0.6 is 0 Å². The predicted molar refractivity (Wildman–Crippen MR) is 97.4 cm³/mol. The van der Waals surface area contributed by atoms with E-state index in [9.17, 15) is 22.4 Å². The van der Waals surface area contributed by atoms with Gasteiger partial charge < -0.3 is 11.1 Å². The fraction of sp³-hybridized carbons (Fsp3) is 0.176. The largest absolute Gasteiger partial charge is 0.368 e. The summed E-state index contributed by atoms with van der Waals surface area (Å²) in [6, 6.07) is 9.69. The first kappa shape index (κ1) is 20.5. The number of halogens is 1. The highest BCUT2D eigenvalue weighted by molar-refractivity contribution is 7.89. The molecular weight excluding hydrogens is 375 g/mol. The molecule has 2 aromatic rings. The van der Waals surface area contributed by atoms with Gasteiger partial charge in [0.2, 0.25) is 21.8 Å². The van der Waals surface area contributed by atoms with E-state index in [2.05, 4.69) is 5.32 Å². The summed E-state index contributed by atoms with van der Waals surface area (Å²) in [5.41, 5.74) is 6.08. The second-order valence-corrected chi connectivity index (χ2v) is 7.45. The monoisotopic (exact) mass is 394 g/mol. The minimum Gasteiger partial charge on any atom is -0.368 e. The fourth-order valence-corrected chi connectivity index (χ4v) is 3.07. The van der Waals surface area contributed by atoms with E-state index in [-0.39, 0.29) is 11.4 Å². The minimum absolute atomic E-state index is 0.0856. The Hall–Kier alpha value is -2.82. The van der Waals surface area contributed by atoms with Crippen LogP contribution in [0.15, 0.2) is 53.4 Å². The van der Waals surface area contributed by atoms with E-state index in [0.29, 0.717) is 11.3 Å². The highest BCUT2D eigenvalue weighted by atomic mass is 32.2. The number of likely N-dealkylation sites (N-methyl/N-ethyl adjacent to an activating group) is 1. The standard InChI is InChI=1S/C17H19FN4O4S/c1-22(16(17(19)24)11-3-2-4-12(18)9-11)10-15(23)21-13-5-7-14(8-6-13)27(20,25)26/h2-9,16H,10H2,1H3,(H2,19,24)(H,21,23)(H2,20,25,26). The average Bonchev–Trinajstić information content (AvgIpc) is 2.54. The Kier molecular flexibility index (Phi) is 6.26. The number of rotatable bonds is 7. The van der Waals surface area contributed by atoms with Gasteiger partial charge in [-0.05, 0) is 49.0 Å². The van der Waals surface area contributed by atoms with E-state index in [1.807, 2.05) is 0 Å². The third-order valence-corrected chi connectivity index (χ3v) is 4.66. The second-order valence-electron chi connectivity index (χ2n) is 5.89. The van der Waals surface area contributed by atoms with Crippen molar-refractivity contribution >= 4 is 27.5 Å². The number of amides is 2. The molecule has 0 aliphatic carbocycles. The molecule has 8 nitrogen and oxygen atoms in total. The smallest absolute Gasteiger partial charge is 0.239 e. The molecule has 5 N–H and O–H groups in total. The number of nitrogens with two attached hydrogens (primary N) is 2. The molecule has 0 saturated heterocycles. The van der Waals surface area contributed by atoms with Crippen LogP contribution < -0.4 is 16.2 Å². The van der Waals surface area contributed by atoms with E-state index in [0.717, 1.165) is 0 Å². The lowest BCUT2D eigenvalue weighted by atomic mass is 10.0. The zero-order valence-electron chi connectivity index (χ0n) is 14.4. The van der Waals surface area contributed by atoms with Gasteiger partial charge in [-0.3, -0.25) is 14.5 Å². The molecule has 0 heterocycles. The molecule has 27 heavy (non-hydrogen) atoms. The van der Waals surface area contributed by atoms with Gasteiger partial charge in [-0.15, -0.1) is 0 Å². The number of nitrogens with one attached hydrogen (secondary N) is 1. The number of hydrogen-bond donors (Lipinski definition) is 3. The maximum absolute atomic E-state index is 13.4. The summed E-state index contributed by atoms with van der Waals surface area (Å²) in [6.07, 6.45) is 0. The summed E-state index contributed by atoms with van der Waals surface area (Å²) < 4.78 is 35.9.